The molecule has 0 radical (unpaired) electrons. The van der Waals surface area contributed by atoms with Gasteiger partial charge in [-0.1, -0.05) is 33.6 Å². The van der Waals surface area contributed by atoms with Crippen LogP contribution in [0.3, 0.4) is 0 Å². The van der Waals surface area contributed by atoms with E-state index in [9.17, 15) is 0 Å². The molecule has 0 aromatic heterocycles. The van der Waals surface area contributed by atoms with Crippen LogP contribution in [0.25, 0.3) is 0 Å². The molecule has 0 heterocycles. The summed E-state index contributed by atoms with van der Waals surface area (Å²) in [7, 11) is 0. The molecule has 1 heteroatoms. The molecular weight excluding hydrogens is 170 g/mol. The van der Waals surface area contributed by atoms with Crippen LogP contribution in [0.5, 0.6) is 0 Å². The molecular formula is C13H27N. The van der Waals surface area contributed by atoms with Crippen molar-refractivity contribution in [2.24, 2.45) is 5.92 Å². The van der Waals surface area contributed by atoms with Gasteiger partial charge in [-0.3, -0.25) is 0 Å². The zero-order valence-corrected chi connectivity index (χ0v) is 10.3. The molecule has 1 nitrogen and oxygen atoms in total. The number of nitrogens with zero attached hydrogens (tertiary/aromatic N) is 1. The first-order valence-corrected chi connectivity index (χ1v) is 6.53. The van der Waals surface area contributed by atoms with E-state index in [1.54, 1.807) is 0 Å². The third-order valence-electron chi connectivity index (χ3n) is 3.56. The average molecular weight is 197 g/mol. The van der Waals surface area contributed by atoms with E-state index in [0.717, 1.165) is 12.0 Å². The van der Waals surface area contributed by atoms with Gasteiger partial charge >= 0.3 is 0 Å². The third-order valence-corrected chi connectivity index (χ3v) is 3.56. The van der Waals surface area contributed by atoms with E-state index in [4.69, 9.17) is 0 Å². The highest BCUT2D eigenvalue weighted by Crippen LogP contribution is 2.28. The van der Waals surface area contributed by atoms with Crippen LogP contribution < -0.4 is 0 Å². The van der Waals surface area contributed by atoms with Gasteiger partial charge in [0.25, 0.3) is 0 Å². The molecule has 0 aromatic carbocycles. The van der Waals surface area contributed by atoms with Crippen LogP contribution in [-0.4, -0.2) is 24.0 Å². The molecule has 1 rings (SSSR count). The Hall–Kier alpha value is -0.0400. The Bertz CT molecular complexity index is 138. The lowest BCUT2D eigenvalue weighted by molar-refractivity contribution is 0.112. The molecule has 1 saturated carbocycles. The second kappa shape index (κ2) is 6.44. The third kappa shape index (κ3) is 3.27. The number of hydrogen-bond acceptors (Lipinski definition) is 1. The van der Waals surface area contributed by atoms with Gasteiger partial charge in [-0.15, -0.1) is 0 Å². The maximum Gasteiger partial charge on any atom is 0.0121 e. The molecule has 0 aliphatic heterocycles. The van der Waals surface area contributed by atoms with E-state index in [1.807, 2.05) is 0 Å². The summed E-state index contributed by atoms with van der Waals surface area (Å²) >= 11 is 0. The van der Waals surface area contributed by atoms with Crippen LogP contribution >= 0.6 is 0 Å². The van der Waals surface area contributed by atoms with Gasteiger partial charge in [0.2, 0.25) is 0 Å². The highest BCUT2D eigenvalue weighted by molar-refractivity contribution is 4.80. The molecule has 2 atom stereocenters. The molecule has 1 unspecified atom stereocenters. The van der Waals surface area contributed by atoms with Crippen molar-refractivity contribution in [1.29, 1.82) is 0 Å². The Morgan fingerprint density at radius 2 is 1.57 bits per heavy atom. The fourth-order valence-electron chi connectivity index (χ4n) is 2.86. The van der Waals surface area contributed by atoms with Crippen molar-refractivity contribution >= 4 is 0 Å². The van der Waals surface area contributed by atoms with Gasteiger partial charge < -0.3 is 4.90 Å². The molecule has 0 aromatic rings. The average Bonchev–Trinajstić information content (AvgIpc) is 2.18. The maximum absolute atomic E-state index is 2.74. The summed E-state index contributed by atoms with van der Waals surface area (Å²) in [6, 6.07) is 0.892. The van der Waals surface area contributed by atoms with Crippen LogP contribution in [0.1, 0.15) is 59.3 Å². The summed E-state index contributed by atoms with van der Waals surface area (Å²) in [5.74, 6) is 0.932. The second-order valence-electron chi connectivity index (χ2n) is 4.87. The van der Waals surface area contributed by atoms with Crippen molar-refractivity contribution in [3.8, 4) is 0 Å². The predicted octanol–water partition coefficient (Wildman–Crippen LogP) is 3.69. The Kier molecular flexibility index (Phi) is 5.54. The Labute approximate surface area is 89.9 Å². The lowest BCUT2D eigenvalue weighted by Gasteiger charge is -2.38. The van der Waals surface area contributed by atoms with Crippen LogP contribution in [-0.2, 0) is 0 Å². The van der Waals surface area contributed by atoms with Gasteiger partial charge in [-0.2, -0.15) is 0 Å². The molecule has 14 heavy (non-hydrogen) atoms. The summed E-state index contributed by atoms with van der Waals surface area (Å²) in [4.78, 5) is 2.74. The van der Waals surface area contributed by atoms with Crippen LogP contribution in [0.15, 0.2) is 0 Å². The molecule has 1 aliphatic rings. The minimum Gasteiger partial charge on any atom is -0.300 e. The monoisotopic (exact) mass is 197 g/mol. The van der Waals surface area contributed by atoms with E-state index in [0.29, 0.717) is 0 Å². The largest absolute Gasteiger partial charge is 0.300 e. The maximum atomic E-state index is 2.74. The fraction of sp³-hybridized carbons (Fsp3) is 1.00. The summed E-state index contributed by atoms with van der Waals surface area (Å²) < 4.78 is 0. The van der Waals surface area contributed by atoms with Crippen molar-refractivity contribution in [3.63, 3.8) is 0 Å². The van der Waals surface area contributed by atoms with Crippen molar-refractivity contribution < 1.29 is 0 Å². The Morgan fingerprint density at radius 1 is 1.00 bits per heavy atom. The number of hydrogen-bond donors (Lipinski definition) is 0. The van der Waals surface area contributed by atoms with Crippen LogP contribution in [0.4, 0.5) is 0 Å². The smallest absolute Gasteiger partial charge is 0.0121 e. The van der Waals surface area contributed by atoms with E-state index in [2.05, 4.69) is 25.7 Å². The lowest BCUT2D eigenvalue weighted by Crippen LogP contribution is -2.42. The summed E-state index contributed by atoms with van der Waals surface area (Å²) in [6.07, 6.45) is 8.44. The quantitative estimate of drug-likeness (QED) is 0.650. The second-order valence-corrected chi connectivity index (χ2v) is 4.87. The van der Waals surface area contributed by atoms with Crippen molar-refractivity contribution in [2.75, 3.05) is 13.1 Å². The minimum atomic E-state index is 0.892. The number of rotatable bonds is 5. The normalized spacial score (nSPS) is 28.3. The Morgan fingerprint density at radius 3 is 2.07 bits per heavy atom. The molecule has 0 bridgehead atoms. The highest BCUT2D eigenvalue weighted by atomic mass is 15.2. The molecule has 0 amide bonds. The van der Waals surface area contributed by atoms with Crippen molar-refractivity contribution in [2.45, 2.75) is 65.3 Å². The van der Waals surface area contributed by atoms with Gasteiger partial charge in [0.15, 0.2) is 0 Å². The fourth-order valence-corrected chi connectivity index (χ4v) is 2.86. The molecule has 1 fully saturated rings. The minimum absolute atomic E-state index is 0.892. The first-order chi connectivity index (χ1) is 6.79. The molecule has 84 valence electrons. The zero-order valence-electron chi connectivity index (χ0n) is 10.3. The van der Waals surface area contributed by atoms with Gasteiger partial charge in [-0.05, 0) is 44.7 Å². The standard InChI is InChI=1S/C13H27N/c1-4-10-14(11-5-2)13-9-7-6-8-12(13)3/h12-13H,4-11H2,1-3H3/t12?,13-/m1/s1. The first kappa shape index (κ1) is 12.0. The topological polar surface area (TPSA) is 3.24 Å². The Balaban J connectivity index is 2.46. The summed E-state index contributed by atoms with van der Waals surface area (Å²) in [5, 5.41) is 0. The molecule has 0 N–H and O–H groups in total. The zero-order chi connectivity index (χ0) is 10.4. The van der Waals surface area contributed by atoms with Gasteiger partial charge in [0.1, 0.15) is 0 Å². The van der Waals surface area contributed by atoms with Gasteiger partial charge in [0.05, 0.1) is 0 Å². The van der Waals surface area contributed by atoms with Crippen molar-refractivity contribution in [3.05, 3.63) is 0 Å². The van der Waals surface area contributed by atoms with Gasteiger partial charge in [0, 0.05) is 6.04 Å². The predicted molar refractivity (Wildman–Crippen MR) is 63.6 cm³/mol. The van der Waals surface area contributed by atoms with E-state index in [-0.39, 0.29) is 0 Å². The van der Waals surface area contributed by atoms with Crippen LogP contribution in [0.2, 0.25) is 0 Å². The molecule has 1 aliphatic carbocycles. The van der Waals surface area contributed by atoms with Crippen molar-refractivity contribution in [1.82, 2.24) is 4.90 Å². The first-order valence-electron chi connectivity index (χ1n) is 6.53. The summed E-state index contributed by atoms with van der Waals surface area (Å²) in [6.45, 7) is 9.67. The summed E-state index contributed by atoms with van der Waals surface area (Å²) in [5.41, 5.74) is 0. The van der Waals surface area contributed by atoms with E-state index >= 15 is 0 Å². The lowest BCUT2D eigenvalue weighted by atomic mass is 9.84. The van der Waals surface area contributed by atoms with E-state index in [1.165, 1.54) is 51.6 Å². The highest BCUT2D eigenvalue weighted by Gasteiger charge is 2.25. The molecule has 0 saturated heterocycles. The van der Waals surface area contributed by atoms with Gasteiger partial charge in [-0.25, -0.2) is 0 Å². The molecule has 0 spiro atoms. The SMILES string of the molecule is CCCN(CCC)[C@@H]1CCCCC1C. The van der Waals surface area contributed by atoms with E-state index < -0.39 is 0 Å². The van der Waals surface area contributed by atoms with Crippen LogP contribution in [0, 0.1) is 5.92 Å².